The van der Waals surface area contributed by atoms with E-state index < -0.39 is 0 Å². The maximum Gasteiger partial charge on any atom is 0.162 e. The Labute approximate surface area is 173 Å². The van der Waals surface area contributed by atoms with Crippen LogP contribution >= 0.6 is 0 Å². The highest BCUT2D eigenvalue weighted by atomic mass is 16.3. The summed E-state index contributed by atoms with van der Waals surface area (Å²) in [6.07, 6.45) is 1.14. The molecule has 0 saturated carbocycles. The van der Waals surface area contributed by atoms with Crippen LogP contribution in [0.3, 0.4) is 0 Å². The first-order chi connectivity index (χ1) is 14.6. The minimum atomic E-state index is 0.502. The fraction of sp³-hybridized carbons (Fsp3) is 0.167. The zero-order valence-electron chi connectivity index (χ0n) is 16.9. The van der Waals surface area contributed by atoms with Crippen LogP contribution in [0.5, 0.6) is 0 Å². The second-order valence-electron chi connectivity index (χ2n) is 7.49. The quantitative estimate of drug-likeness (QED) is 0.244. The lowest BCUT2D eigenvalue weighted by molar-refractivity contribution is 0.491. The Bertz CT molecular complexity index is 1370. The number of rotatable bonds is 5. The molecule has 3 aromatic heterocycles. The number of benzene rings is 2. The van der Waals surface area contributed by atoms with Crippen molar-refractivity contribution in [3.8, 4) is 0 Å². The molecule has 3 heterocycles. The molecular weight excluding hydrogens is 376 g/mol. The SMILES string of the molecule is Cc1ccc(Cc2nc3c(Cc4ccc(C)o4)c4ccccc4cc3nc2NN)o1. The van der Waals surface area contributed by atoms with Crippen LogP contribution in [0.15, 0.2) is 63.4 Å². The molecule has 0 radical (unpaired) electrons. The van der Waals surface area contributed by atoms with Gasteiger partial charge >= 0.3 is 0 Å². The Hall–Kier alpha value is -3.64. The minimum absolute atomic E-state index is 0.502. The molecular formula is C24H22N4O2. The summed E-state index contributed by atoms with van der Waals surface area (Å²) in [6.45, 7) is 3.88. The molecule has 0 atom stereocenters. The third-order valence-electron chi connectivity index (χ3n) is 5.28. The first kappa shape index (κ1) is 18.4. The van der Waals surface area contributed by atoms with E-state index in [4.69, 9.17) is 24.6 Å². The maximum atomic E-state index is 5.86. The molecule has 0 amide bonds. The van der Waals surface area contributed by atoms with Crippen molar-refractivity contribution < 1.29 is 8.83 Å². The molecule has 0 fully saturated rings. The summed E-state index contributed by atoms with van der Waals surface area (Å²) < 4.78 is 11.6. The van der Waals surface area contributed by atoms with Gasteiger partial charge in [-0.05, 0) is 60.5 Å². The van der Waals surface area contributed by atoms with Gasteiger partial charge in [0.2, 0.25) is 0 Å². The van der Waals surface area contributed by atoms with Gasteiger partial charge in [0.15, 0.2) is 5.82 Å². The zero-order chi connectivity index (χ0) is 20.7. The summed E-state index contributed by atoms with van der Waals surface area (Å²) >= 11 is 0. The Morgan fingerprint density at radius 1 is 0.867 bits per heavy atom. The van der Waals surface area contributed by atoms with E-state index in [1.807, 2.05) is 50.2 Å². The molecule has 2 aromatic carbocycles. The van der Waals surface area contributed by atoms with Crippen LogP contribution in [0.25, 0.3) is 21.8 Å². The zero-order valence-corrected chi connectivity index (χ0v) is 16.9. The number of aryl methyl sites for hydroxylation is 2. The first-order valence-corrected chi connectivity index (χ1v) is 9.89. The summed E-state index contributed by atoms with van der Waals surface area (Å²) in [7, 11) is 0. The van der Waals surface area contributed by atoms with Gasteiger partial charge in [-0.15, -0.1) is 0 Å². The molecule has 3 N–H and O–H groups in total. The van der Waals surface area contributed by atoms with Crippen molar-refractivity contribution in [3.63, 3.8) is 0 Å². The second-order valence-corrected chi connectivity index (χ2v) is 7.49. The van der Waals surface area contributed by atoms with Crippen molar-refractivity contribution in [2.45, 2.75) is 26.7 Å². The molecule has 0 bridgehead atoms. The smallest absolute Gasteiger partial charge is 0.162 e. The third-order valence-corrected chi connectivity index (χ3v) is 5.28. The molecule has 5 rings (SSSR count). The number of hydrogen-bond donors (Lipinski definition) is 2. The molecule has 30 heavy (non-hydrogen) atoms. The van der Waals surface area contributed by atoms with Gasteiger partial charge in [-0.2, -0.15) is 0 Å². The largest absolute Gasteiger partial charge is 0.466 e. The second kappa shape index (κ2) is 7.31. The number of furan rings is 2. The van der Waals surface area contributed by atoms with Crippen molar-refractivity contribution in [2.75, 3.05) is 5.43 Å². The Morgan fingerprint density at radius 3 is 2.23 bits per heavy atom. The predicted octanol–water partition coefficient (Wildman–Crippen LogP) is 5.05. The molecule has 0 saturated heterocycles. The molecule has 0 aliphatic rings. The van der Waals surface area contributed by atoms with Gasteiger partial charge in [0.1, 0.15) is 23.0 Å². The highest BCUT2D eigenvalue weighted by Gasteiger charge is 2.17. The number of anilines is 1. The van der Waals surface area contributed by atoms with Gasteiger partial charge in [-0.25, -0.2) is 15.8 Å². The number of nitrogens with two attached hydrogens (primary N) is 1. The van der Waals surface area contributed by atoms with Gasteiger partial charge in [0.25, 0.3) is 0 Å². The average Bonchev–Trinajstić information content (AvgIpc) is 3.35. The topological polar surface area (TPSA) is 90.1 Å². The summed E-state index contributed by atoms with van der Waals surface area (Å²) in [6, 6.07) is 18.2. The van der Waals surface area contributed by atoms with Crippen LogP contribution in [0.4, 0.5) is 5.82 Å². The van der Waals surface area contributed by atoms with Gasteiger partial charge in [0, 0.05) is 6.42 Å². The van der Waals surface area contributed by atoms with E-state index in [0.29, 0.717) is 18.7 Å². The number of hydrogen-bond acceptors (Lipinski definition) is 6. The van der Waals surface area contributed by atoms with Gasteiger partial charge in [0.05, 0.1) is 23.1 Å². The fourth-order valence-corrected chi connectivity index (χ4v) is 3.90. The molecule has 0 unspecified atom stereocenters. The lowest BCUT2D eigenvalue weighted by atomic mass is 9.98. The molecule has 150 valence electrons. The third kappa shape index (κ3) is 3.31. The molecule has 0 spiro atoms. The molecule has 5 aromatic rings. The lowest BCUT2D eigenvalue weighted by Crippen LogP contribution is -2.13. The predicted molar refractivity (Wildman–Crippen MR) is 117 cm³/mol. The van der Waals surface area contributed by atoms with Crippen LogP contribution < -0.4 is 11.3 Å². The van der Waals surface area contributed by atoms with E-state index in [1.54, 1.807) is 0 Å². The fourth-order valence-electron chi connectivity index (χ4n) is 3.90. The Balaban J connectivity index is 1.73. The minimum Gasteiger partial charge on any atom is -0.466 e. The van der Waals surface area contributed by atoms with Crippen molar-refractivity contribution in [2.24, 2.45) is 5.84 Å². The highest BCUT2D eigenvalue weighted by molar-refractivity contribution is 5.99. The Kier molecular flexibility index (Phi) is 4.48. The van der Waals surface area contributed by atoms with E-state index in [1.165, 1.54) is 0 Å². The van der Waals surface area contributed by atoms with Gasteiger partial charge < -0.3 is 14.3 Å². The maximum absolute atomic E-state index is 5.86. The summed E-state index contributed by atoms with van der Waals surface area (Å²) in [5.74, 6) is 9.80. The molecule has 0 aliphatic carbocycles. The lowest BCUT2D eigenvalue weighted by Gasteiger charge is -2.13. The van der Waals surface area contributed by atoms with Gasteiger partial charge in [-0.1, -0.05) is 24.3 Å². The average molecular weight is 398 g/mol. The van der Waals surface area contributed by atoms with E-state index in [0.717, 1.165) is 56.1 Å². The van der Waals surface area contributed by atoms with E-state index in [2.05, 4.69) is 23.6 Å². The summed E-state index contributed by atoms with van der Waals surface area (Å²) in [4.78, 5) is 9.78. The van der Waals surface area contributed by atoms with Crippen LogP contribution in [-0.2, 0) is 12.8 Å². The number of nitrogens with one attached hydrogen (secondary N) is 1. The van der Waals surface area contributed by atoms with Crippen LogP contribution in [0.2, 0.25) is 0 Å². The Morgan fingerprint density at radius 2 is 1.57 bits per heavy atom. The molecule has 6 heteroatoms. The first-order valence-electron chi connectivity index (χ1n) is 9.89. The van der Waals surface area contributed by atoms with Crippen molar-refractivity contribution in [3.05, 3.63) is 88.9 Å². The number of hydrazine groups is 1. The number of fused-ring (bicyclic) bond motifs is 2. The van der Waals surface area contributed by atoms with Crippen molar-refractivity contribution in [1.82, 2.24) is 9.97 Å². The number of aromatic nitrogens is 2. The summed E-state index contributed by atoms with van der Waals surface area (Å²) in [5.41, 5.74) is 6.17. The highest BCUT2D eigenvalue weighted by Crippen LogP contribution is 2.31. The normalized spacial score (nSPS) is 11.4. The monoisotopic (exact) mass is 398 g/mol. The van der Waals surface area contributed by atoms with Crippen LogP contribution in [-0.4, -0.2) is 9.97 Å². The molecule has 0 aliphatic heterocycles. The van der Waals surface area contributed by atoms with E-state index >= 15 is 0 Å². The standard InChI is InChI=1S/C24H22N4O2/c1-14-7-9-17(29-14)12-20-19-6-4-3-5-16(19)11-21-23(20)26-22(24(27-21)28-25)13-18-10-8-15(2)30-18/h3-11H,12-13,25H2,1-2H3,(H,27,28). The summed E-state index contributed by atoms with van der Waals surface area (Å²) in [5, 5.41) is 2.25. The molecule has 6 nitrogen and oxygen atoms in total. The van der Waals surface area contributed by atoms with Crippen LogP contribution in [0.1, 0.15) is 34.3 Å². The number of nitrogen functional groups attached to an aromatic ring is 1. The van der Waals surface area contributed by atoms with E-state index in [-0.39, 0.29) is 0 Å². The van der Waals surface area contributed by atoms with Crippen LogP contribution in [0, 0.1) is 13.8 Å². The van der Waals surface area contributed by atoms with E-state index in [9.17, 15) is 0 Å². The van der Waals surface area contributed by atoms with Gasteiger partial charge in [-0.3, -0.25) is 0 Å². The van der Waals surface area contributed by atoms with Crippen molar-refractivity contribution >= 4 is 27.6 Å². The van der Waals surface area contributed by atoms with Crippen molar-refractivity contribution in [1.29, 1.82) is 0 Å². The number of nitrogens with zero attached hydrogens (tertiary/aromatic N) is 2.